The lowest BCUT2D eigenvalue weighted by Crippen LogP contribution is -2.37. The molecule has 1 atom stereocenters. The molecule has 2 aromatic heterocycles. The normalized spacial score (nSPS) is 11.7. The summed E-state index contributed by atoms with van der Waals surface area (Å²) in [5, 5.41) is 5.80. The molecule has 6 nitrogen and oxygen atoms in total. The number of carbonyl (C=O) groups is 1. The van der Waals surface area contributed by atoms with E-state index < -0.39 is 0 Å². The van der Waals surface area contributed by atoms with Gasteiger partial charge in [-0.05, 0) is 36.6 Å². The Morgan fingerprint density at radius 3 is 2.65 bits per heavy atom. The summed E-state index contributed by atoms with van der Waals surface area (Å²) < 4.78 is 2.07. The van der Waals surface area contributed by atoms with Crippen molar-refractivity contribution in [2.75, 3.05) is 0 Å². The third-order valence-corrected chi connectivity index (χ3v) is 4.25. The van der Waals surface area contributed by atoms with Gasteiger partial charge in [-0.15, -0.1) is 0 Å². The highest BCUT2D eigenvalue weighted by Crippen LogP contribution is 2.10. The molecule has 3 rings (SSSR count). The Kier molecular flexibility index (Phi) is 5.98. The van der Waals surface area contributed by atoms with E-state index in [1.807, 2.05) is 43.5 Å². The predicted octanol–water partition coefficient (Wildman–Crippen LogP) is 3.08. The Hall–Kier alpha value is -3.15. The summed E-state index contributed by atoms with van der Waals surface area (Å²) in [6, 6.07) is 13.8. The zero-order valence-corrected chi connectivity index (χ0v) is 14.8. The van der Waals surface area contributed by atoms with E-state index >= 15 is 0 Å². The van der Waals surface area contributed by atoms with Crippen LogP contribution in [0.1, 0.15) is 29.9 Å². The number of imidazole rings is 1. The fourth-order valence-corrected chi connectivity index (χ4v) is 2.75. The fourth-order valence-electron chi connectivity index (χ4n) is 2.75. The summed E-state index contributed by atoms with van der Waals surface area (Å²) in [4.78, 5) is 20.5. The highest BCUT2D eigenvalue weighted by atomic mass is 16.2. The number of amides is 2. The molecular weight excluding hydrogens is 326 g/mol. The van der Waals surface area contributed by atoms with Crippen molar-refractivity contribution in [3.8, 4) is 0 Å². The van der Waals surface area contributed by atoms with Gasteiger partial charge in [0.05, 0.1) is 12.6 Å². The molecule has 2 N–H and O–H groups in total. The summed E-state index contributed by atoms with van der Waals surface area (Å²) in [6.07, 6.45) is 8.07. The second-order valence-electron chi connectivity index (χ2n) is 6.10. The zero-order valence-electron chi connectivity index (χ0n) is 14.8. The fraction of sp³-hybridized carbons (Fsp3) is 0.250. The molecule has 0 fully saturated rings. The summed E-state index contributed by atoms with van der Waals surface area (Å²) in [7, 11) is 0. The van der Waals surface area contributed by atoms with E-state index in [4.69, 9.17) is 0 Å². The van der Waals surface area contributed by atoms with E-state index in [9.17, 15) is 4.79 Å². The van der Waals surface area contributed by atoms with Gasteiger partial charge in [0.25, 0.3) is 0 Å². The Bertz CT molecular complexity index is 816. The first-order chi connectivity index (χ1) is 12.7. The van der Waals surface area contributed by atoms with Crippen molar-refractivity contribution in [3.63, 3.8) is 0 Å². The van der Waals surface area contributed by atoms with Crippen LogP contribution in [-0.2, 0) is 19.5 Å². The van der Waals surface area contributed by atoms with Gasteiger partial charge in [0.1, 0.15) is 5.82 Å². The molecule has 2 amide bonds. The van der Waals surface area contributed by atoms with E-state index in [2.05, 4.69) is 37.3 Å². The Morgan fingerprint density at radius 2 is 1.88 bits per heavy atom. The van der Waals surface area contributed by atoms with Crippen LogP contribution >= 0.6 is 0 Å². The lowest BCUT2D eigenvalue weighted by atomic mass is 10.1. The number of aromatic nitrogens is 3. The average Bonchev–Trinajstić information content (AvgIpc) is 3.13. The number of aryl methyl sites for hydroxylation is 2. The molecule has 0 aliphatic heterocycles. The molecule has 26 heavy (non-hydrogen) atoms. The van der Waals surface area contributed by atoms with Gasteiger partial charge < -0.3 is 15.2 Å². The number of nitrogens with one attached hydrogen (secondary N) is 2. The molecule has 0 bridgehead atoms. The van der Waals surface area contributed by atoms with E-state index in [1.54, 1.807) is 18.6 Å². The minimum Gasteiger partial charge on any atom is -0.333 e. The maximum Gasteiger partial charge on any atom is 0.315 e. The molecule has 2 heterocycles. The molecule has 134 valence electrons. The van der Waals surface area contributed by atoms with E-state index in [-0.39, 0.29) is 12.1 Å². The quantitative estimate of drug-likeness (QED) is 0.688. The van der Waals surface area contributed by atoms with Gasteiger partial charge in [0.2, 0.25) is 0 Å². The Morgan fingerprint density at radius 1 is 1.12 bits per heavy atom. The number of rotatable bonds is 7. The first-order valence-electron chi connectivity index (χ1n) is 8.70. The van der Waals surface area contributed by atoms with Gasteiger partial charge in [-0.2, -0.15) is 0 Å². The molecule has 0 saturated heterocycles. The number of urea groups is 1. The lowest BCUT2D eigenvalue weighted by Gasteiger charge is -2.15. The number of hydrogen-bond donors (Lipinski definition) is 2. The van der Waals surface area contributed by atoms with E-state index in [1.165, 1.54) is 5.56 Å². The van der Waals surface area contributed by atoms with Crippen molar-refractivity contribution in [1.29, 1.82) is 0 Å². The summed E-state index contributed by atoms with van der Waals surface area (Å²) >= 11 is 0. The van der Waals surface area contributed by atoms with Crippen molar-refractivity contribution in [2.24, 2.45) is 0 Å². The molecule has 0 aliphatic rings. The molecule has 3 aromatic rings. The average molecular weight is 349 g/mol. The Balaban J connectivity index is 1.49. The van der Waals surface area contributed by atoms with Gasteiger partial charge in [0, 0.05) is 31.3 Å². The minimum atomic E-state index is -0.216. The SMILES string of the molecule is C[C@@H](NC(=O)NCc1nccn1CCc1ccccc1)c1ccncc1. The van der Waals surface area contributed by atoms with Crippen molar-refractivity contribution in [3.05, 3.63) is 84.2 Å². The number of hydrogen-bond acceptors (Lipinski definition) is 3. The van der Waals surface area contributed by atoms with Crippen molar-refractivity contribution in [1.82, 2.24) is 25.2 Å². The maximum atomic E-state index is 12.1. The van der Waals surface area contributed by atoms with Crippen molar-refractivity contribution < 1.29 is 4.79 Å². The van der Waals surface area contributed by atoms with Gasteiger partial charge in [0.15, 0.2) is 0 Å². The van der Waals surface area contributed by atoms with Crippen LogP contribution in [0.4, 0.5) is 4.79 Å². The number of pyridine rings is 1. The largest absolute Gasteiger partial charge is 0.333 e. The second-order valence-corrected chi connectivity index (χ2v) is 6.10. The van der Waals surface area contributed by atoms with E-state index in [0.29, 0.717) is 6.54 Å². The molecule has 6 heteroatoms. The first-order valence-corrected chi connectivity index (χ1v) is 8.70. The van der Waals surface area contributed by atoms with Gasteiger partial charge in [-0.25, -0.2) is 9.78 Å². The second kappa shape index (κ2) is 8.80. The molecule has 0 spiro atoms. The number of benzene rings is 1. The van der Waals surface area contributed by atoms with Crippen LogP contribution in [0, 0.1) is 0 Å². The third-order valence-electron chi connectivity index (χ3n) is 4.25. The molecule has 1 aromatic carbocycles. The summed E-state index contributed by atoms with van der Waals surface area (Å²) in [5.41, 5.74) is 2.29. The van der Waals surface area contributed by atoms with Gasteiger partial charge in [-0.1, -0.05) is 30.3 Å². The van der Waals surface area contributed by atoms with Crippen LogP contribution in [0.5, 0.6) is 0 Å². The summed E-state index contributed by atoms with van der Waals surface area (Å²) in [5.74, 6) is 0.840. The first kappa shape index (κ1) is 17.7. The van der Waals surface area contributed by atoms with Crippen LogP contribution < -0.4 is 10.6 Å². The highest BCUT2D eigenvalue weighted by Gasteiger charge is 2.10. The summed E-state index contributed by atoms with van der Waals surface area (Å²) in [6.45, 7) is 3.16. The monoisotopic (exact) mass is 349 g/mol. The van der Waals surface area contributed by atoms with Crippen LogP contribution in [0.2, 0.25) is 0 Å². The topological polar surface area (TPSA) is 71.8 Å². The van der Waals surface area contributed by atoms with Crippen molar-refractivity contribution in [2.45, 2.75) is 32.5 Å². The zero-order chi connectivity index (χ0) is 18.2. The molecule has 0 aliphatic carbocycles. The van der Waals surface area contributed by atoms with Crippen LogP contribution in [0.15, 0.2) is 67.3 Å². The molecule has 0 radical (unpaired) electrons. The number of nitrogens with zero attached hydrogens (tertiary/aromatic N) is 3. The molecule has 0 unspecified atom stereocenters. The Labute approximate surface area is 153 Å². The maximum absolute atomic E-state index is 12.1. The number of carbonyl (C=O) groups excluding carboxylic acids is 1. The predicted molar refractivity (Wildman–Crippen MR) is 100 cm³/mol. The minimum absolute atomic E-state index is 0.0872. The van der Waals surface area contributed by atoms with Crippen LogP contribution in [0.3, 0.4) is 0 Å². The van der Waals surface area contributed by atoms with Gasteiger partial charge in [-0.3, -0.25) is 4.98 Å². The standard InChI is InChI=1S/C20H23N5O/c1-16(18-7-10-21-11-8-18)24-20(26)23-15-19-22-12-14-25(19)13-9-17-5-3-2-4-6-17/h2-8,10-12,14,16H,9,13,15H2,1H3,(H2,23,24,26)/t16-/m1/s1. The van der Waals surface area contributed by atoms with E-state index in [0.717, 1.165) is 24.4 Å². The smallest absolute Gasteiger partial charge is 0.315 e. The highest BCUT2D eigenvalue weighted by molar-refractivity contribution is 5.74. The van der Waals surface area contributed by atoms with Gasteiger partial charge >= 0.3 is 6.03 Å². The van der Waals surface area contributed by atoms with Crippen LogP contribution in [-0.4, -0.2) is 20.6 Å². The van der Waals surface area contributed by atoms with Crippen LogP contribution in [0.25, 0.3) is 0 Å². The lowest BCUT2D eigenvalue weighted by molar-refractivity contribution is 0.237. The van der Waals surface area contributed by atoms with Crippen molar-refractivity contribution >= 4 is 6.03 Å². The third kappa shape index (κ3) is 4.92. The molecular formula is C20H23N5O. The molecule has 0 saturated carbocycles.